The third kappa shape index (κ3) is 2.84. The van der Waals surface area contributed by atoms with Gasteiger partial charge in [0.15, 0.2) is 0 Å². The zero-order valence-electron chi connectivity index (χ0n) is 11.3. The lowest BCUT2D eigenvalue weighted by molar-refractivity contribution is 0.275. The summed E-state index contributed by atoms with van der Waals surface area (Å²) in [5.74, 6) is 0. The maximum atomic E-state index is 6.41. The fourth-order valence-corrected chi connectivity index (χ4v) is 3.45. The van der Waals surface area contributed by atoms with Gasteiger partial charge in [-0.05, 0) is 54.5 Å². The van der Waals surface area contributed by atoms with Gasteiger partial charge in [-0.25, -0.2) is 0 Å². The van der Waals surface area contributed by atoms with Crippen LogP contribution in [0.1, 0.15) is 50.8 Å². The number of hydrogen-bond donors (Lipinski definition) is 1. The number of rotatable bonds is 2. The van der Waals surface area contributed by atoms with Gasteiger partial charge in [0.2, 0.25) is 0 Å². The zero-order chi connectivity index (χ0) is 13.3. The number of halogens is 2. The number of hydrogen-bond acceptors (Lipinski definition) is 1. The van der Waals surface area contributed by atoms with Gasteiger partial charge in [0.05, 0.1) is 0 Å². The fourth-order valence-electron chi connectivity index (χ4n) is 2.88. The first-order chi connectivity index (χ1) is 8.44. The molecule has 0 amide bonds. The molecule has 1 aliphatic carbocycles. The Kier molecular flexibility index (Phi) is 4.25. The number of benzene rings is 1. The van der Waals surface area contributed by atoms with Crippen LogP contribution in [0.3, 0.4) is 0 Å². The lowest BCUT2D eigenvalue weighted by Crippen LogP contribution is -2.25. The van der Waals surface area contributed by atoms with Crippen LogP contribution < -0.4 is 5.32 Å². The van der Waals surface area contributed by atoms with Gasteiger partial charge in [-0.1, -0.05) is 44.0 Å². The van der Waals surface area contributed by atoms with Crippen LogP contribution in [0.4, 0.5) is 0 Å². The van der Waals surface area contributed by atoms with Gasteiger partial charge < -0.3 is 5.32 Å². The Morgan fingerprint density at radius 1 is 1.28 bits per heavy atom. The van der Waals surface area contributed by atoms with Crippen LogP contribution >= 0.6 is 23.2 Å². The molecule has 0 spiro atoms. The summed E-state index contributed by atoms with van der Waals surface area (Å²) in [6, 6.07) is 4.16. The zero-order valence-corrected chi connectivity index (χ0v) is 12.8. The Morgan fingerprint density at radius 2 is 1.94 bits per heavy atom. The predicted molar refractivity (Wildman–Crippen MR) is 79.6 cm³/mol. The normalized spacial score (nSPS) is 22.4. The Hall–Kier alpha value is -0.240. The van der Waals surface area contributed by atoms with Crippen LogP contribution in [0.5, 0.6) is 0 Å². The summed E-state index contributed by atoms with van der Waals surface area (Å²) in [6.45, 7) is 7.73. The lowest BCUT2D eigenvalue weighted by atomic mass is 9.83. The smallest absolute Gasteiger partial charge is 0.0457 e. The van der Waals surface area contributed by atoms with Crippen molar-refractivity contribution in [1.82, 2.24) is 5.32 Å². The molecule has 2 rings (SSSR count). The lowest BCUT2D eigenvalue weighted by Gasteiger charge is -2.28. The van der Waals surface area contributed by atoms with E-state index in [0.29, 0.717) is 11.5 Å². The van der Waals surface area contributed by atoms with Crippen LogP contribution in [0.25, 0.3) is 0 Å². The highest BCUT2D eigenvalue weighted by molar-refractivity contribution is 6.34. The van der Waals surface area contributed by atoms with E-state index in [-0.39, 0.29) is 0 Å². The molecule has 0 heterocycles. The number of nitrogens with one attached hydrogen (secondary N) is 1. The maximum Gasteiger partial charge on any atom is 0.0457 e. The van der Waals surface area contributed by atoms with E-state index in [0.717, 1.165) is 35.9 Å². The first-order valence-electron chi connectivity index (χ1n) is 6.65. The van der Waals surface area contributed by atoms with E-state index < -0.39 is 0 Å². The highest BCUT2D eigenvalue weighted by Crippen LogP contribution is 2.43. The second-order valence-corrected chi connectivity index (χ2v) is 6.71. The molecule has 18 heavy (non-hydrogen) atoms. The predicted octanol–water partition coefficient (Wildman–Crippen LogP) is 5.01. The minimum absolute atomic E-state index is 0.314. The second kappa shape index (κ2) is 5.40. The Balaban J connectivity index is 2.50. The Labute approximate surface area is 120 Å². The topological polar surface area (TPSA) is 12.0 Å². The minimum Gasteiger partial charge on any atom is -0.310 e. The van der Waals surface area contributed by atoms with Gasteiger partial charge in [0.1, 0.15) is 0 Å². The summed E-state index contributed by atoms with van der Waals surface area (Å²) in [6.07, 6.45) is 3.28. The average molecular weight is 286 g/mol. The minimum atomic E-state index is 0.314. The largest absolute Gasteiger partial charge is 0.310 e. The Bertz CT molecular complexity index is 440. The molecule has 1 aromatic rings. The maximum absolute atomic E-state index is 6.41. The van der Waals surface area contributed by atoms with Crippen molar-refractivity contribution in [1.29, 1.82) is 0 Å². The molecular weight excluding hydrogens is 265 g/mol. The molecule has 0 aromatic heterocycles. The molecule has 0 saturated heterocycles. The van der Waals surface area contributed by atoms with Crippen molar-refractivity contribution < 1.29 is 0 Å². The molecule has 1 unspecified atom stereocenters. The van der Waals surface area contributed by atoms with Gasteiger partial charge in [-0.2, -0.15) is 0 Å². The van der Waals surface area contributed by atoms with Gasteiger partial charge in [0.25, 0.3) is 0 Å². The quantitative estimate of drug-likeness (QED) is 0.754. The number of fused-ring (bicyclic) bond motifs is 1. The van der Waals surface area contributed by atoms with Gasteiger partial charge >= 0.3 is 0 Å². The molecule has 1 atom stereocenters. The van der Waals surface area contributed by atoms with Crippen molar-refractivity contribution in [3.63, 3.8) is 0 Å². The van der Waals surface area contributed by atoms with E-state index in [1.807, 2.05) is 12.1 Å². The fraction of sp³-hybridized carbons (Fsp3) is 0.600. The SMILES string of the molecule is CCNC1CC(C)(C)CCc2c(Cl)ccc(Cl)c21. The molecule has 0 aliphatic heterocycles. The summed E-state index contributed by atoms with van der Waals surface area (Å²) in [5, 5.41) is 5.26. The molecule has 1 nitrogen and oxygen atoms in total. The molecule has 0 radical (unpaired) electrons. The van der Waals surface area contributed by atoms with Crippen molar-refractivity contribution in [2.24, 2.45) is 5.41 Å². The summed E-state index contributed by atoms with van der Waals surface area (Å²) in [5.41, 5.74) is 2.77. The summed E-state index contributed by atoms with van der Waals surface area (Å²) in [7, 11) is 0. The highest BCUT2D eigenvalue weighted by atomic mass is 35.5. The average Bonchev–Trinajstić information content (AvgIpc) is 2.42. The van der Waals surface area contributed by atoms with Crippen molar-refractivity contribution in [2.45, 2.75) is 46.1 Å². The van der Waals surface area contributed by atoms with Crippen molar-refractivity contribution in [3.8, 4) is 0 Å². The molecule has 0 fully saturated rings. The van der Waals surface area contributed by atoms with E-state index in [1.165, 1.54) is 11.1 Å². The van der Waals surface area contributed by atoms with Crippen LogP contribution in [0, 0.1) is 5.41 Å². The molecule has 0 bridgehead atoms. The van der Waals surface area contributed by atoms with E-state index >= 15 is 0 Å². The molecule has 1 aliphatic rings. The van der Waals surface area contributed by atoms with Crippen LogP contribution in [0.15, 0.2) is 12.1 Å². The van der Waals surface area contributed by atoms with Crippen LogP contribution in [-0.2, 0) is 6.42 Å². The van der Waals surface area contributed by atoms with Gasteiger partial charge in [-0.3, -0.25) is 0 Å². The van der Waals surface area contributed by atoms with E-state index in [4.69, 9.17) is 23.2 Å². The van der Waals surface area contributed by atoms with Gasteiger partial charge in [0, 0.05) is 16.1 Å². The van der Waals surface area contributed by atoms with Gasteiger partial charge in [-0.15, -0.1) is 0 Å². The third-order valence-electron chi connectivity index (χ3n) is 3.85. The summed E-state index contributed by atoms with van der Waals surface area (Å²) < 4.78 is 0. The summed E-state index contributed by atoms with van der Waals surface area (Å²) in [4.78, 5) is 0. The van der Waals surface area contributed by atoms with Crippen LogP contribution in [0.2, 0.25) is 10.0 Å². The van der Waals surface area contributed by atoms with Crippen molar-refractivity contribution in [2.75, 3.05) is 6.54 Å². The van der Waals surface area contributed by atoms with E-state index in [2.05, 4.69) is 26.1 Å². The first-order valence-corrected chi connectivity index (χ1v) is 7.40. The molecular formula is C15H21Cl2N. The van der Waals surface area contributed by atoms with Crippen molar-refractivity contribution >= 4 is 23.2 Å². The molecule has 3 heteroatoms. The van der Waals surface area contributed by atoms with E-state index in [1.54, 1.807) is 0 Å². The molecule has 100 valence electrons. The molecule has 1 aromatic carbocycles. The Morgan fingerprint density at radius 3 is 2.61 bits per heavy atom. The standard InChI is InChI=1S/C15H21Cl2N/c1-4-18-13-9-15(2,3)8-7-10-11(16)5-6-12(17)14(10)13/h5-6,13,18H,4,7-9H2,1-3H3. The highest BCUT2D eigenvalue weighted by Gasteiger charge is 2.31. The second-order valence-electron chi connectivity index (χ2n) is 5.90. The van der Waals surface area contributed by atoms with E-state index in [9.17, 15) is 0 Å². The molecule has 0 saturated carbocycles. The van der Waals surface area contributed by atoms with Crippen LogP contribution in [-0.4, -0.2) is 6.54 Å². The first kappa shape index (κ1) is 14.2. The third-order valence-corrected chi connectivity index (χ3v) is 4.54. The monoisotopic (exact) mass is 285 g/mol. The van der Waals surface area contributed by atoms with Crippen molar-refractivity contribution in [3.05, 3.63) is 33.3 Å². The molecule has 1 N–H and O–H groups in total. The summed E-state index contributed by atoms with van der Waals surface area (Å²) >= 11 is 12.8.